The molecular formula is C22H25NO5. The average molecular weight is 383 g/mol. The van der Waals surface area contributed by atoms with Crippen LogP contribution in [0.2, 0.25) is 0 Å². The molecule has 0 spiro atoms. The summed E-state index contributed by atoms with van der Waals surface area (Å²) in [6.07, 6.45) is -0.690. The van der Waals surface area contributed by atoms with Gasteiger partial charge in [-0.15, -0.1) is 0 Å². The van der Waals surface area contributed by atoms with Gasteiger partial charge in [-0.25, -0.2) is 0 Å². The third-order valence-corrected chi connectivity index (χ3v) is 4.31. The number of carbonyl (C=O) groups excluding carboxylic acids is 2. The van der Waals surface area contributed by atoms with Crippen molar-refractivity contribution < 1.29 is 23.5 Å². The molecule has 0 radical (unpaired) electrons. The van der Waals surface area contributed by atoms with E-state index >= 15 is 0 Å². The van der Waals surface area contributed by atoms with Crippen molar-refractivity contribution in [1.82, 2.24) is 0 Å². The second-order valence-electron chi connectivity index (χ2n) is 8.01. The molecule has 1 N–H and O–H groups in total. The van der Waals surface area contributed by atoms with Crippen molar-refractivity contribution in [3.8, 4) is 5.75 Å². The molecule has 1 atom stereocenters. The van der Waals surface area contributed by atoms with Crippen molar-refractivity contribution in [1.29, 1.82) is 0 Å². The number of benzene rings is 2. The van der Waals surface area contributed by atoms with Crippen LogP contribution in [-0.2, 0) is 14.3 Å². The molecule has 1 amide bonds. The van der Waals surface area contributed by atoms with Crippen LogP contribution in [0.15, 0.2) is 40.8 Å². The summed E-state index contributed by atoms with van der Waals surface area (Å²) in [5.41, 5.74) is 1.64. The fraction of sp³-hybridized carbons (Fsp3) is 0.364. The van der Waals surface area contributed by atoms with E-state index in [9.17, 15) is 9.59 Å². The van der Waals surface area contributed by atoms with Crippen LogP contribution in [0.5, 0.6) is 5.75 Å². The molecule has 2 aromatic carbocycles. The number of ether oxygens (including phenoxy) is 2. The lowest BCUT2D eigenvalue weighted by Crippen LogP contribution is -2.31. The predicted octanol–water partition coefficient (Wildman–Crippen LogP) is 4.90. The highest BCUT2D eigenvalue weighted by atomic mass is 16.5. The first-order valence-electron chi connectivity index (χ1n) is 9.17. The van der Waals surface area contributed by atoms with Gasteiger partial charge in [0.05, 0.1) is 19.2 Å². The molecule has 6 heteroatoms. The number of rotatable bonds is 5. The van der Waals surface area contributed by atoms with Gasteiger partial charge in [-0.2, -0.15) is 0 Å². The second-order valence-corrected chi connectivity index (χ2v) is 8.01. The number of hydrogen-bond acceptors (Lipinski definition) is 5. The molecule has 0 fully saturated rings. The third-order valence-electron chi connectivity index (χ3n) is 4.31. The van der Waals surface area contributed by atoms with Crippen LogP contribution < -0.4 is 10.1 Å². The van der Waals surface area contributed by atoms with Gasteiger partial charge in [0.15, 0.2) is 6.10 Å². The number of para-hydroxylation sites is 1. The molecule has 0 bridgehead atoms. The summed E-state index contributed by atoms with van der Waals surface area (Å²) in [4.78, 5) is 24.5. The van der Waals surface area contributed by atoms with Gasteiger partial charge in [-0.05, 0) is 24.5 Å². The van der Waals surface area contributed by atoms with Gasteiger partial charge in [0.25, 0.3) is 5.91 Å². The zero-order valence-electron chi connectivity index (χ0n) is 16.8. The van der Waals surface area contributed by atoms with Gasteiger partial charge < -0.3 is 19.2 Å². The molecule has 0 aliphatic carbocycles. The molecule has 3 rings (SSSR count). The van der Waals surface area contributed by atoms with E-state index in [1.807, 2.05) is 51.1 Å². The number of furan rings is 1. The number of hydrogen-bond donors (Lipinski definition) is 1. The van der Waals surface area contributed by atoms with Crippen molar-refractivity contribution in [3.05, 3.63) is 36.4 Å². The number of esters is 1. The number of nitrogens with one attached hydrogen (secondary N) is 1. The molecule has 1 aromatic heterocycles. The molecule has 3 aromatic rings. The Labute approximate surface area is 163 Å². The molecule has 1 heterocycles. The maximum absolute atomic E-state index is 12.5. The highest BCUT2D eigenvalue weighted by Gasteiger charge is 2.23. The average Bonchev–Trinajstić information content (AvgIpc) is 2.96. The molecule has 0 unspecified atom stereocenters. The summed E-state index contributed by atoms with van der Waals surface area (Å²) in [7, 11) is 1.53. The van der Waals surface area contributed by atoms with Crippen LogP contribution in [0, 0.1) is 5.41 Å². The number of carbonyl (C=O) groups is 2. The van der Waals surface area contributed by atoms with Crippen LogP contribution >= 0.6 is 0 Å². The number of amides is 1. The minimum absolute atomic E-state index is 0.206. The highest BCUT2D eigenvalue weighted by molar-refractivity contribution is 6.08. The molecule has 0 saturated carbocycles. The Kier molecular flexibility index (Phi) is 5.31. The molecule has 6 nitrogen and oxygen atoms in total. The maximum Gasteiger partial charge on any atom is 0.307 e. The van der Waals surface area contributed by atoms with Gasteiger partial charge in [0.1, 0.15) is 16.9 Å². The monoisotopic (exact) mass is 383 g/mol. The van der Waals surface area contributed by atoms with Gasteiger partial charge in [-0.3, -0.25) is 9.59 Å². The summed E-state index contributed by atoms with van der Waals surface area (Å²) < 4.78 is 16.6. The second kappa shape index (κ2) is 7.54. The van der Waals surface area contributed by atoms with E-state index in [1.165, 1.54) is 7.11 Å². The Morgan fingerprint density at radius 2 is 1.82 bits per heavy atom. The first-order chi connectivity index (χ1) is 13.2. The van der Waals surface area contributed by atoms with Crippen LogP contribution in [0.3, 0.4) is 0 Å². The van der Waals surface area contributed by atoms with Crippen LogP contribution in [0.25, 0.3) is 21.9 Å². The van der Waals surface area contributed by atoms with E-state index in [4.69, 9.17) is 13.9 Å². The van der Waals surface area contributed by atoms with Gasteiger partial charge in [-0.1, -0.05) is 39.0 Å². The van der Waals surface area contributed by atoms with E-state index in [0.717, 1.165) is 16.4 Å². The number of anilines is 1. The normalized spacial score (nSPS) is 12.8. The first-order valence-corrected chi connectivity index (χ1v) is 9.17. The van der Waals surface area contributed by atoms with Crippen molar-refractivity contribution in [2.45, 2.75) is 40.2 Å². The molecular weight excluding hydrogens is 358 g/mol. The predicted molar refractivity (Wildman–Crippen MR) is 109 cm³/mol. The minimum Gasteiger partial charge on any atom is -0.495 e. The van der Waals surface area contributed by atoms with Crippen LogP contribution in [0.1, 0.15) is 34.1 Å². The zero-order valence-corrected chi connectivity index (χ0v) is 16.8. The maximum atomic E-state index is 12.5. The summed E-state index contributed by atoms with van der Waals surface area (Å²) >= 11 is 0. The lowest BCUT2D eigenvalue weighted by molar-refractivity contribution is -0.154. The van der Waals surface area contributed by atoms with Crippen LogP contribution in [0.4, 0.5) is 5.69 Å². The molecule has 0 aliphatic heterocycles. The lowest BCUT2D eigenvalue weighted by atomic mass is 9.92. The quantitative estimate of drug-likeness (QED) is 0.634. The van der Waals surface area contributed by atoms with Crippen LogP contribution in [-0.4, -0.2) is 25.1 Å². The Morgan fingerprint density at radius 3 is 2.50 bits per heavy atom. The van der Waals surface area contributed by atoms with E-state index in [2.05, 4.69) is 5.32 Å². The largest absolute Gasteiger partial charge is 0.495 e. The molecule has 28 heavy (non-hydrogen) atoms. The smallest absolute Gasteiger partial charge is 0.307 e. The van der Waals surface area contributed by atoms with E-state index < -0.39 is 18.0 Å². The fourth-order valence-electron chi connectivity index (χ4n) is 2.98. The zero-order chi connectivity index (χ0) is 20.5. The summed E-state index contributed by atoms with van der Waals surface area (Å²) in [5, 5.41) is 4.63. The van der Waals surface area contributed by atoms with Gasteiger partial charge >= 0.3 is 5.97 Å². The fourth-order valence-corrected chi connectivity index (χ4v) is 2.98. The standard InChI is InChI=1S/C22H25NO5/c1-13(27-20(24)12-22(2,3)4)21(25)23-16-11-18-15(10-19(16)26-5)14-8-6-7-9-17(14)28-18/h6-11,13H,12H2,1-5H3,(H,23,25)/t13-/m0/s1. The molecule has 0 saturated heterocycles. The Balaban J connectivity index is 1.81. The number of fused-ring (bicyclic) bond motifs is 3. The Bertz CT molecular complexity index is 1030. The van der Waals surface area contributed by atoms with E-state index in [1.54, 1.807) is 13.0 Å². The van der Waals surface area contributed by atoms with Gasteiger partial charge in [0.2, 0.25) is 0 Å². The molecule has 148 valence electrons. The third kappa shape index (κ3) is 4.27. The SMILES string of the molecule is COc1cc2c(cc1NC(=O)[C@H](C)OC(=O)CC(C)(C)C)oc1ccccc12. The molecule has 0 aliphatic rings. The first kappa shape index (κ1) is 19.7. The number of methoxy groups -OCH3 is 1. The van der Waals surface area contributed by atoms with Gasteiger partial charge in [0, 0.05) is 16.8 Å². The summed E-state index contributed by atoms with van der Waals surface area (Å²) in [6, 6.07) is 11.2. The Hall–Kier alpha value is -3.02. The van der Waals surface area contributed by atoms with Crippen molar-refractivity contribution in [2.24, 2.45) is 5.41 Å². The lowest BCUT2D eigenvalue weighted by Gasteiger charge is -2.19. The van der Waals surface area contributed by atoms with Crippen molar-refractivity contribution in [3.63, 3.8) is 0 Å². The highest BCUT2D eigenvalue weighted by Crippen LogP contribution is 2.36. The minimum atomic E-state index is -0.925. The summed E-state index contributed by atoms with van der Waals surface area (Å²) in [5.74, 6) is -0.341. The van der Waals surface area contributed by atoms with Crippen molar-refractivity contribution >= 4 is 39.5 Å². The van der Waals surface area contributed by atoms with Crippen molar-refractivity contribution in [2.75, 3.05) is 12.4 Å². The topological polar surface area (TPSA) is 77.8 Å². The van der Waals surface area contributed by atoms with E-state index in [0.29, 0.717) is 17.0 Å². The summed E-state index contributed by atoms with van der Waals surface area (Å²) in [6.45, 7) is 7.35. The van der Waals surface area contributed by atoms with E-state index in [-0.39, 0.29) is 11.8 Å². The Morgan fingerprint density at radius 1 is 1.11 bits per heavy atom.